The van der Waals surface area contributed by atoms with E-state index in [1.54, 1.807) is 4.90 Å². The number of carbonyl (C=O) groups is 2. The number of anilines is 1. The van der Waals surface area contributed by atoms with Crippen molar-refractivity contribution in [2.24, 2.45) is 0 Å². The molecule has 1 atom stereocenters. The van der Waals surface area contributed by atoms with Crippen molar-refractivity contribution in [1.29, 1.82) is 0 Å². The number of hydrogen-bond donors (Lipinski definition) is 0. The molecule has 0 aliphatic carbocycles. The Labute approximate surface area is 148 Å². The maximum atomic E-state index is 13.1. The molecule has 25 heavy (non-hydrogen) atoms. The van der Waals surface area contributed by atoms with Crippen LogP contribution in [0.15, 0.2) is 54.6 Å². The van der Waals surface area contributed by atoms with Crippen LogP contribution >= 0.6 is 0 Å². The molecule has 128 valence electrons. The van der Waals surface area contributed by atoms with Crippen molar-refractivity contribution in [3.8, 4) is 0 Å². The lowest BCUT2D eigenvalue weighted by molar-refractivity contribution is -0.117. The lowest BCUT2D eigenvalue weighted by Crippen LogP contribution is -2.31. The molecule has 4 rings (SSSR count). The van der Waals surface area contributed by atoms with Crippen LogP contribution in [0.25, 0.3) is 0 Å². The van der Waals surface area contributed by atoms with Gasteiger partial charge in [-0.3, -0.25) is 9.59 Å². The fourth-order valence-corrected chi connectivity index (χ4v) is 3.93. The highest BCUT2D eigenvalue weighted by Gasteiger charge is 2.31. The van der Waals surface area contributed by atoms with Crippen molar-refractivity contribution in [2.45, 2.75) is 31.7 Å². The summed E-state index contributed by atoms with van der Waals surface area (Å²) in [7, 11) is 0. The van der Waals surface area contributed by atoms with Crippen molar-refractivity contribution in [2.75, 3.05) is 18.0 Å². The van der Waals surface area contributed by atoms with Crippen molar-refractivity contribution in [3.63, 3.8) is 0 Å². The average molecular weight is 334 g/mol. The van der Waals surface area contributed by atoms with E-state index >= 15 is 0 Å². The highest BCUT2D eigenvalue weighted by Crippen LogP contribution is 2.33. The van der Waals surface area contributed by atoms with Crippen LogP contribution < -0.4 is 4.90 Å². The molecule has 4 nitrogen and oxygen atoms in total. The van der Waals surface area contributed by atoms with Gasteiger partial charge >= 0.3 is 0 Å². The third-order valence-electron chi connectivity index (χ3n) is 5.18. The monoisotopic (exact) mass is 334 g/mol. The third kappa shape index (κ3) is 3.04. The van der Waals surface area contributed by atoms with E-state index < -0.39 is 0 Å². The minimum Gasteiger partial charge on any atom is -0.332 e. The van der Waals surface area contributed by atoms with E-state index in [-0.39, 0.29) is 17.9 Å². The molecular formula is C21H22N2O2. The zero-order valence-corrected chi connectivity index (χ0v) is 14.2. The van der Waals surface area contributed by atoms with E-state index in [0.29, 0.717) is 12.0 Å². The predicted octanol–water partition coefficient (Wildman–Crippen LogP) is 3.79. The normalized spacial score (nSPS) is 20.3. The van der Waals surface area contributed by atoms with Crippen LogP contribution in [0.5, 0.6) is 0 Å². The van der Waals surface area contributed by atoms with Gasteiger partial charge in [0.1, 0.15) is 0 Å². The Hall–Kier alpha value is -2.62. The number of nitrogens with zero attached hydrogens (tertiary/aromatic N) is 2. The number of amides is 2. The first kappa shape index (κ1) is 15.9. The number of hydrogen-bond acceptors (Lipinski definition) is 2. The Balaban J connectivity index is 1.59. The first-order valence-corrected chi connectivity index (χ1v) is 9.00. The lowest BCUT2D eigenvalue weighted by atomic mass is 10.0. The minimum absolute atomic E-state index is 0.0554. The Morgan fingerprint density at radius 1 is 0.960 bits per heavy atom. The van der Waals surface area contributed by atoms with Gasteiger partial charge in [0.15, 0.2) is 0 Å². The van der Waals surface area contributed by atoms with Crippen LogP contribution in [-0.2, 0) is 4.79 Å². The smallest absolute Gasteiger partial charge is 0.254 e. The molecule has 2 amide bonds. The Bertz CT molecular complexity index is 787. The fourth-order valence-electron chi connectivity index (χ4n) is 3.93. The van der Waals surface area contributed by atoms with Crippen LogP contribution in [0.3, 0.4) is 0 Å². The molecule has 0 radical (unpaired) electrons. The van der Waals surface area contributed by atoms with E-state index in [4.69, 9.17) is 0 Å². The maximum Gasteiger partial charge on any atom is 0.254 e. The van der Waals surface area contributed by atoms with Crippen LogP contribution in [0.4, 0.5) is 5.69 Å². The average Bonchev–Trinajstić information content (AvgIpc) is 3.31. The van der Waals surface area contributed by atoms with Crippen molar-refractivity contribution in [3.05, 3.63) is 65.7 Å². The molecule has 2 heterocycles. The molecule has 0 aromatic heterocycles. The number of rotatable bonds is 3. The summed E-state index contributed by atoms with van der Waals surface area (Å²) in [5.41, 5.74) is 2.70. The molecule has 0 N–H and O–H groups in total. The summed E-state index contributed by atoms with van der Waals surface area (Å²) >= 11 is 0. The third-order valence-corrected chi connectivity index (χ3v) is 5.18. The maximum absolute atomic E-state index is 13.1. The van der Waals surface area contributed by atoms with Gasteiger partial charge < -0.3 is 9.80 Å². The second-order valence-electron chi connectivity index (χ2n) is 6.77. The molecule has 0 spiro atoms. The highest BCUT2D eigenvalue weighted by molar-refractivity contribution is 5.99. The van der Waals surface area contributed by atoms with Gasteiger partial charge in [-0.2, -0.15) is 0 Å². The molecule has 2 aromatic carbocycles. The second kappa shape index (κ2) is 6.71. The molecule has 2 fully saturated rings. The van der Waals surface area contributed by atoms with Gasteiger partial charge in [0.2, 0.25) is 5.91 Å². The summed E-state index contributed by atoms with van der Waals surface area (Å²) in [5.74, 6) is 0.202. The Kier molecular flexibility index (Phi) is 4.26. The van der Waals surface area contributed by atoms with E-state index in [1.165, 1.54) is 5.56 Å². The van der Waals surface area contributed by atoms with Crippen LogP contribution in [0, 0.1) is 0 Å². The van der Waals surface area contributed by atoms with E-state index in [1.807, 2.05) is 47.4 Å². The van der Waals surface area contributed by atoms with Crippen LogP contribution in [-0.4, -0.2) is 29.8 Å². The van der Waals surface area contributed by atoms with Crippen molar-refractivity contribution >= 4 is 17.5 Å². The quantitative estimate of drug-likeness (QED) is 0.857. The fraction of sp³-hybridized carbons (Fsp3) is 0.333. The standard InChI is InChI=1S/C21H22N2O2/c24-20-12-6-13-22(20)18-10-4-9-17(15-18)21(25)23-14-5-11-19(23)16-7-2-1-3-8-16/h1-4,7-10,15,19H,5-6,11-14H2. The summed E-state index contributed by atoms with van der Waals surface area (Å²) in [6.07, 6.45) is 3.51. The Morgan fingerprint density at radius 2 is 1.80 bits per heavy atom. The molecular weight excluding hydrogens is 312 g/mol. The van der Waals surface area contributed by atoms with E-state index in [0.717, 1.165) is 38.0 Å². The number of likely N-dealkylation sites (tertiary alicyclic amines) is 1. The van der Waals surface area contributed by atoms with Gasteiger partial charge in [0, 0.05) is 30.8 Å². The molecule has 2 aromatic rings. The molecule has 4 heteroatoms. The molecule has 2 aliphatic rings. The van der Waals surface area contributed by atoms with Gasteiger partial charge in [0.05, 0.1) is 6.04 Å². The molecule has 2 saturated heterocycles. The van der Waals surface area contributed by atoms with E-state index in [2.05, 4.69) is 12.1 Å². The van der Waals surface area contributed by atoms with Gasteiger partial charge in [-0.1, -0.05) is 36.4 Å². The molecule has 0 bridgehead atoms. The summed E-state index contributed by atoms with van der Waals surface area (Å²) in [4.78, 5) is 28.8. The van der Waals surface area contributed by atoms with Gasteiger partial charge in [-0.25, -0.2) is 0 Å². The van der Waals surface area contributed by atoms with E-state index in [9.17, 15) is 9.59 Å². The predicted molar refractivity (Wildman–Crippen MR) is 97.5 cm³/mol. The highest BCUT2D eigenvalue weighted by atomic mass is 16.2. The molecule has 0 saturated carbocycles. The van der Waals surface area contributed by atoms with Crippen LogP contribution in [0.1, 0.15) is 47.6 Å². The molecule has 1 unspecified atom stereocenters. The summed E-state index contributed by atoms with van der Waals surface area (Å²) in [6.45, 7) is 1.53. The lowest BCUT2D eigenvalue weighted by Gasteiger charge is -2.26. The largest absolute Gasteiger partial charge is 0.332 e. The first-order chi connectivity index (χ1) is 12.2. The number of carbonyl (C=O) groups excluding carboxylic acids is 2. The summed E-state index contributed by atoms with van der Waals surface area (Å²) in [6, 6.07) is 17.9. The van der Waals surface area contributed by atoms with Gasteiger partial charge in [-0.05, 0) is 43.0 Å². The zero-order chi connectivity index (χ0) is 17.2. The zero-order valence-electron chi connectivity index (χ0n) is 14.2. The summed E-state index contributed by atoms with van der Waals surface area (Å²) in [5, 5.41) is 0. The molecule has 2 aliphatic heterocycles. The SMILES string of the molecule is O=C1CCCN1c1cccc(C(=O)N2CCCC2c2ccccc2)c1. The van der Waals surface area contributed by atoms with Gasteiger partial charge in [-0.15, -0.1) is 0 Å². The van der Waals surface area contributed by atoms with Crippen LogP contribution in [0.2, 0.25) is 0 Å². The minimum atomic E-state index is 0.0554. The number of benzene rings is 2. The first-order valence-electron chi connectivity index (χ1n) is 9.00. The topological polar surface area (TPSA) is 40.6 Å². The van der Waals surface area contributed by atoms with Gasteiger partial charge in [0.25, 0.3) is 5.91 Å². The van der Waals surface area contributed by atoms with Crippen molar-refractivity contribution < 1.29 is 9.59 Å². The Morgan fingerprint density at radius 3 is 2.56 bits per heavy atom. The van der Waals surface area contributed by atoms with Crippen molar-refractivity contribution in [1.82, 2.24) is 4.90 Å². The second-order valence-corrected chi connectivity index (χ2v) is 6.77. The summed E-state index contributed by atoms with van der Waals surface area (Å²) < 4.78 is 0.